The van der Waals surface area contributed by atoms with Gasteiger partial charge in [0.1, 0.15) is 17.6 Å². The van der Waals surface area contributed by atoms with Crippen LogP contribution < -0.4 is 10.1 Å². The number of carbonyl (C=O) groups is 2. The largest absolute Gasteiger partial charge is 0.497 e. The quantitative estimate of drug-likeness (QED) is 0.658. The van der Waals surface area contributed by atoms with Crippen molar-refractivity contribution in [2.75, 3.05) is 39.8 Å². The molecule has 0 aromatic heterocycles. The van der Waals surface area contributed by atoms with Crippen LogP contribution in [0.4, 0.5) is 4.39 Å². The van der Waals surface area contributed by atoms with Crippen molar-refractivity contribution in [3.63, 3.8) is 0 Å². The first-order valence-electron chi connectivity index (χ1n) is 12.3. The van der Waals surface area contributed by atoms with Crippen LogP contribution in [0, 0.1) is 5.82 Å². The molecule has 8 heteroatoms. The average Bonchev–Trinajstić information content (AvgIpc) is 3.13. The van der Waals surface area contributed by atoms with Gasteiger partial charge in [-0.05, 0) is 54.8 Å². The van der Waals surface area contributed by atoms with Crippen molar-refractivity contribution in [1.82, 2.24) is 20.0 Å². The van der Waals surface area contributed by atoms with Crippen LogP contribution in [-0.4, -0.2) is 78.4 Å². The van der Waals surface area contributed by atoms with E-state index < -0.39 is 6.04 Å². The Hall–Kier alpha value is -2.97. The van der Waals surface area contributed by atoms with Crippen molar-refractivity contribution >= 4 is 11.8 Å². The Balaban J connectivity index is 1.57. The Kier molecular flexibility index (Phi) is 8.36. The molecular formula is C27H35FN4O3. The highest BCUT2D eigenvalue weighted by atomic mass is 19.1. The molecule has 2 unspecified atom stereocenters. The number of likely N-dealkylation sites (tertiary alicyclic amines) is 1. The first kappa shape index (κ1) is 25.1. The van der Waals surface area contributed by atoms with Crippen LogP contribution in [0.5, 0.6) is 5.75 Å². The van der Waals surface area contributed by atoms with Crippen LogP contribution in [-0.2, 0) is 22.7 Å². The lowest BCUT2D eigenvalue weighted by molar-refractivity contribution is -0.142. The predicted molar refractivity (Wildman–Crippen MR) is 132 cm³/mol. The Morgan fingerprint density at radius 1 is 1.09 bits per heavy atom. The topological polar surface area (TPSA) is 65.1 Å². The standard InChI is InChI=1S/C27H35FN4O3/c1-20(33)32-19-24(16-26(32)27(34)30-13-4-11-29-12-14-30)31(17-21-7-9-23(28)10-8-21)18-22-5-3-6-25(15-22)35-2/h3,5-10,15,24,26,29H,4,11-14,16-19H2,1-2H3. The second-order valence-corrected chi connectivity index (χ2v) is 9.39. The summed E-state index contributed by atoms with van der Waals surface area (Å²) >= 11 is 0. The number of benzene rings is 2. The molecule has 7 nitrogen and oxygen atoms in total. The van der Waals surface area contributed by atoms with Crippen molar-refractivity contribution in [2.45, 2.75) is 44.9 Å². The van der Waals surface area contributed by atoms with E-state index in [1.165, 1.54) is 12.1 Å². The molecule has 2 amide bonds. The minimum atomic E-state index is -0.461. The van der Waals surface area contributed by atoms with Gasteiger partial charge in [-0.1, -0.05) is 24.3 Å². The summed E-state index contributed by atoms with van der Waals surface area (Å²) in [5, 5.41) is 3.33. The highest BCUT2D eigenvalue weighted by Crippen LogP contribution is 2.28. The van der Waals surface area contributed by atoms with Gasteiger partial charge in [-0.15, -0.1) is 0 Å². The molecule has 2 aliphatic heterocycles. The van der Waals surface area contributed by atoms with Gasteiger partial charge in [0, 0.05) is 52.2 Å². The van der Waals surface area contributed by atoms with E-state index in [1.807, 2.05) is 29.2 Å². The number of ether oxygens (including phenoxy) is 1. The van der Waals surface area contributed by atoms with Crippen molar-refractivity contribution in [1.29, 1.82) is 0 Å². The van der Waals surface area contributed by atoms with E-state index in [0.717, 1.165) is 36.4 Å². The average molecular weight is 483 g/mol. The van der Waals surface area contributed by atoms with Gasteiger partial charge < -0.3 is 19.9 Å². The molecule has 2 aliphatic rings. The van der Waals surface area contributed by atoms with Crippen LogP contribution in [0.15, 0.2) is 48.5 Å². The molecule has 0 aliphatic carbocycles. The maximum absolute atomic E-state index is 13.5. The van der Waals surface area contributed by atoms with E-state index in [-0.39, 0.29) is 23.7 Å². The maximum Gasteiger partial charge on any atom is 0.245 e. The summed E-state index contributed by atoms with van der Waals surface area (Å²) < 4.78 is 18.9. The first-order chi connectivity index (χ1) is 16.9. The predicted octanol–water partition coefficient (Wildman–Crippen LogP) is 2.65. The third-order valence-corrected chi connectivity index (χ3v) is 6.96. The zero-order chi connectivity index (χ0) is 24.8. The third kappa shape index (κ3) is 6.38. The number of carbonyl (C=O) groups excluding carboxylic acids is 2. The monoisotopic (exact) mass is 482 g/mol. The first-order valence-corrected chi connectivity index (χ1v) is 12.3. The second-order valence-electron chi connectivity index (χ2n) is 9.39. The molecule has 188 valence electrons. The summed E-state index contributed by atoms with van der Waals surface area (Å²) in [6.45, 7) is 6.29. The van der Waals surface area contributed by atoms with E-state index in [0.29, 0.717) is 39.1 Å². The molecule has 0 radical (unpaired) electrons. The van der Waals surface area contributed by atoms with Crippen LogP contribution in [0.3, 0.4) is 0 Å². The van der Waals surface area contributed by atoms with Gasteiger partial charge in [-0.25, -0.2) is 4.39 Å². The molecule has 0 spiro atoms. The SMILES string of the molecule is COc1cccc(CN(Cc2ccc(F)cc2)C2CC(C(=O)N3CCCNCC3)N(C(C)=O)C2)c1. The zero-order valence-electron chi connectivity index (χ0n) is 20.6. The van der Waals surface area contributed by atoms with Crippen LogP contribution in [0.1, 0.15) is 30.9 Å². The molecule has 0 saturated carbocycles. The van der Waals surface area contributed by atoms with E-state index in [4.69, 9.17) is 4.74 Å². The lowest BCUT2D eigenvalue weighted by Crippen LogP contribution is -2.48. The van der Waals surface area contributed by atoms with Gasteiger partial charge in [-0.3, -0.25) is 14.5 Å². The fourth-order valence-corrected chi connectivity index (χ4v) is 5.08. The summed E-state index contributed by atoms with van der Waals surface area (Å²) in [4.78, 5) is 32.0. The Bertz CT molecular complexity index is 1010. The summed E-state index contributed by atoms with van der Waals surface area (Å²) in [6.07, 6.45) is 1.49. The van der Waals surface area contributed by atoms with Gasteiger partial charge in [0.05, 0.1) is 7.11 Å². The summed E-state index contributed by atoms with van der Waals surface area (Å²) in [5.74, 6) is 0.467. The Morgan fingerprint density at radius 3 is 2.60 bits per heavy atom. The number of hydrogen-bond acceptors (Lipinski definition) is 5. The second kappa shape index (κ2) is 11.6. The fourth-order valence-electron chi connectivity index (χ4n) is 5.08. The molecule has 2 atom stereocenters. The summed E-state index contributed by atoms with van der Waals surface area (Å²) in [7, 11) is 1.64. The lowest BCUT2D eigenvalue weighted by atomic mass is 10.1. The van der Waals surface area contributed by atoms with Gasteiger partial charge >= 0.3 is 0 Å². The number of nitrogens with zero attached hydrogens (tertiary/aromatic N) is 3. The summed E-state index contributed by atoms with van der Waals surface area (Å²) in [5.41, 5.74) is 2.06. The molecular weight excluding hydrogens is 447 g/mol. The minimum Gasteiger partial charge on any atom is -0.497 e. The lowest BCUT2D eigenvalue weighted by Gasteiger charge is -2.29. The van der Waals surface area contributed by atoms with E-state index in [1.54, 1.807) is 31.1 Å². The highest BCUT2D eigenvalue weighted by molar-refractivity contribution is 5.87. The van der Waals surface area contributed by atoms with Gasteiger partial charge in [0.25, 0.3) is 0 Å². The van der Waals surface area contributed by atoms with E-state index in [2.05, 4.69) is 10.2 Å². The number of rotatable bonds is 7. The Labute approximate surface area is 206 Å². The maximum atomic E-state index is 13.5. The molecule has 2 fully saturated rings. The summed E-state index contributed by atoms with van der Waals surface area (Å²) in [6, 6.07) is 14.0. The number of amides is 2. The number of nitrogens with one attached hydrogen (secondary N) is 1. The van der Waals surface area contributed by atoms with Gasteiger partial charge in [-0.2, -0.15) is 0 Å². The molecule has 2 heterocycles. The molecule has 35 heavy (non-hydrogen) atoms. The van der Waals surface area contributed by atoms with Crippen molar-refractivity contribution < 1.29 is 18.7 Å². The number of methoxy groups -OCH3 is 1. The number of hydrogen-bond donors (Lipinski definition) is 1. The van der Waals surface area contributed by atoms with Crippen molar-refractivity contribution in [3.05, 3.63) is 65.5 Å². The molecule has 4 rings (SSSR count). The molecule has 2 saturated heterocycles. The molecule has 2 aromatic rings. The van der Waals surface area contributed by atoms with Crippen LogP contribution in [0.25, 0.3) is 0 Å². The van der Waals surface area contributed by atoms with Gasteiger partial charge in [0.15, 0.2) is 0 Å². The van der Waals surface area contributed by atoms with E-state index in [9.17, 15) is 14.0 Å². The van der Waals surface area contributed by atoms with Crippen LogP contribution in [0.2, 0.25) is 0 Å². The molecule has 0 bridgehead atoms. The molecule has 1 N–H and O–H groups in total. The normalized spacial score (nSPS) is 20.7. The van der Waals surface area contributed by atoms with Gasteiger partial charge in [0.2, 0.25) is 11.8 Å². The highest BCUT2D eigenvalue weighted by Gasteiger charge is 2.42. The smallest absolute Gasteiger partial charge is 0.245 e. The third-order valence-electron chi connectivity index (χ3n) is 6.96. The minimum absolute atomic E-state index is 0.00536. The van der Waals surface area contributed by atoms with Crippen LogP contribution >= 0.6 is 0 Å². The fraction of sp³-hybridized carbons (Fsp3) is 0.481. The molecule has 2 aromatic carbocycles. The Morgan fingerprint density at radius 2 is 1.86 bits per heavy atom. The number of halogens is 1. The van der Waals surface area contributed by atoms with E-state index >= 15 is 0 Å². The van der Waals surface area contributed by atoms with Crippen molar-refractivity contribution in [2.24, 2.45) is 0 Å². The van der Waals surface area contributed by atoms with Crippen molar-refractivity contribution in [3.8, 4) is 5.75 Å². The zero-order valence-corrected chi connectivity index (χ0v) is 20.6.